The van der Waals surface area contributed by atoms with E-state index in [9.17, 15) is 4.79 Å². The fourth-order valence-electron chi connectivity index (χ4n) is 2.79. The highest BCUT2D eigenvalue weighted by molar-refractivity contribution is 7.10. The van der Waals surface area contributed by atoms with Crippen molar-refractivity contribution in [2.45, 2.75) is 58.2 Å². The maximum atomic E-state index is 11.8. The molecule has 0 radical (unpaired) electrons. The molecule has 1 fully saturated rings. The second-order valence-corrected chi connectivity index (χ2v) is 7.59. The summed E-state index contributed by atoms with van der Waals surface area (Å²) in [6.07, 6.45) is 2.00. The number of nitrogens with one attached hydrogen (secondary N) is 1. The first-order chi connectivity index (χ1) is 9.87. The van der Waals surface area contributed by atoms with Gasteiger partial charge in [0.2, 0.25) is 0 Å². The van der Waals surface area contributed by atoms with Gasteiger partial charge in [0.1, 0.15) is 5.60 Å². The second-order valence-electron chi connectivity index (χ2n) is 6.61. The second kappa shape index (κ2) is 6.79. The molecule has 1 saturated heterocycles. The molecule has 0 bridgehead atoms. The molecule has 1 N–H and O–H groups in total. The van der Waals surface area contributed by atoms with Gasteiger partial charge in [-0.05, 0) is 58.5 Å². The molecule has 0 aliphatic carbocycles. The van der Waals surface area contributed by atoms with Gasteiger partial charge in [0.15, 0.2) is 0 Å². The number of alkyl carbamates (subject to hydrolysis) is 1. The number of carbonyl (C=O) groups excluding carboxylic acids is 1. The number of amides is 1. The van der Waals surface area contributed by atoms with Crippen molar-refractivity contribution >= 4 is 17.4 Å². The first kappa shape index (κ1) is 16.3. The summed E-state index contributed by atoms with van der Waals surface area (Å²) < 4.78 is 5.30. The van der Waals surface area contributed by atoms with Crippen LogP contribution in [0.2, 0.25) is 0 Å². The van der Waals surface area contributed by atoms with E-state index in [-0.39, 0.29) is 6.09 Å². The van der Waals surface area contributed by atoms with E-state index in [1.807, 2.05) is 20.8 Å². The van der Waals surface area contributed by atoms with Crippen LogP contribution in [-0.4, -0.2) is 35.7 Å². The molecule has 118 valence electrons. The summed E-state index contributed by atoms with van der Waals surface area (Å²) in [5, 5.41) is 5.03. The minimum absolute atomic E-state index is 0.321. The van der Waals surface area contributed by atoms with E-state index in [0.29, 0.717) is 18.6 Å². The Labute approximate surface area is 131 Å². The topological polar surface area (TPSA) is 41.6 Å². The van der Waals surface area contributed by atoms with E-state index >= 15 is 0 Å². The predicted molar refractivity (Wildman–Crippen MR) is 86.7 cm³/mol. The van der Waals surface area contributed by atoms with Crippen LogP contribution in [0, 0.1) is 0 Å². The van der Waals surface area contributed by atoms with Gasteiger partial charge in [0.05, 0.1) is 0 Å². The molecular formula is C16H26N2O2S. The number of thiophene rings is 1. The third kappa shape index (κ3) is 4.71. The Morgan fingerprint density at radius 1 is 1.57 bits per heavy atom. The normalized spacial score (nSPS) is 21.2. The van der Waals surface area contributed by atoms with Crippen molar-refractivity contribution in [2.75, 3.05) is 13.1 Å². The molecule has 0 saturated carbocycles. The molecular weight excluding hydrogens is 284 g/mol. The fourth-order valence-corrected chi connectivity index (χ4v) is 3.60. The minimum Gasteiger partial charge on any atom is -0.444 e. The van der Waals surface area contributed by atoms with E-state index in [4.69, 9.17) is 4.74 Å². The smallest absolute Gasteiger partial charge is 0.407 e. The molecule has 1 aromatic rings. The predicted octanol–water partition coefficient (Wildman–Crippen LogP) is 3.80. The molecule has 0 unspecified atom stereocenters. The Morgan fingerprint density at radius 2 is 2.33 bits per heavy atom. The van der Waals surface area contributed by atoms with Crippen LogP contribution in [-0.2, 0) is 4.74 Å². The van der Waals surface area contributed by atoms with Crippen LogP contribution in [0.15, 0.2) is 17.5 Å². The number of ether oxygens (including phenoxy) is 1. The van der Waals surface area contributed by atoms with Gasteiger partial charge in [0, 0.05) is 23.5 Å². The zero-order valence-electron chi connectivity index (χ0n) is 13.4. The third-order valence-electron chi connectivity index (χ3n) is 3.76. The SMILES string of the molecule is C[C@H](c1cccs1)N1CCC[C@H]1CNC(=O)OC(C)(C)C. The highest BCUT2D eigenvalue weighted by Gasteiger charge is 2.30. The number of nitrogens with zero attached hydrogens (tertiary/aromatic N) is 1. The molecule has 2 rings (SSSR count). The van der Waals surface area contributed by atoms with E-state index in [1.54, 1.807) is 11.3 Å². The van der Waals surface area contributed by atoms with Crippen LogP contribution < -0.4 is 5.32 Å². The lowest BCUT2D eigenvalue weighted by atomic mass is 10.1. The molecule has 2 atom stereocenters. The average Bonchev–Trinajstić information content (AvgIpc) is 3.05. The van der Waals surface area contributed by atoms with E-state index < -0.39 is 5.60 Å². The molecule has 1 amide bonds. The van der Waals surface area contributed by atoms with Crippen LogP contribution >= 0.6 is 11.3 Å². The summed E-state index contributed by atoms with van der Waals surface area (Å²) in [6.45, 7) is 9.65. The Kier molecular flexibility index (Phi) is 5.27. The van der Waals surface area contributed by atoms with Gasteiger partial charge >= 0.3 is 6.09 Å². The van der Waals surface area contributed by atoms with Crippen molar-refractivity contribution < 1.29 is 9.53 Å². The Hall–Kier alpha value is -1.07. The van der Waals surface area contributed by atoms with Crippen molar-refractivity contribution in [1.82, 2.24) is 10.2 Å². The van der Waals surface area contributed by atoms with Crippen LogP contribution in [0.5, 0.6) is 0 Å². The highest BCUT2D eigenvalue weighted by atomic mass is 32.1. The largest absolute Gasteiger partial charge is 0.444 e. The number of hydrogen-bond acceptors (Lipinski definition) is 4. The third-order valence-corrected chi connectivity index (χ3v) is 4.80. The molecule has 5 heteroatoms. The summed E-state index contributed by atoms with van der Waals surface area (Å²) in [7, 11) is 0. The van der Waals surface area contributed by atoms with Crippen molar-refractivity contribution in [3.8, 4) is 0 Å². The number of rotatable bonds is 4. The zero-order valence-corrected chi connectivity index (χ0v) is 14.2. The van der Waals surface area contributed by atoms with Crippen molar-refractivity contribution in [2.24, 2.45) is 0 Å². The quantitative estimate of drug-likeness (QED) is 0.919. The molecule has 4 nitrogen and oxygen atoms in total. The molecule has 0 aromatic carbocycles. The minimum atomic E-state index is -0.441. The van der Waals surface area contributed by atoms with Crippen LogP contribution in [0.1, 0.15) is 51.5 Å². The van der Waals surface area contributed by atoms with E-state index in [0.717, 1.165) is 13.0 Å². The molecule has 1 aliphatic heterocycles. The van der Waals surface area contributed by atoms with E-state index in [2.05, 4.69) is 34.7 Å². The van der Waals surface area contributed by atoms with E-state index in [1.165, 1.54) is 11.3 Å². The van der Waals surface area contributed by atoms with Gasteiger partial charge in [-0.3, -0.25) is 4.90 Å². The van der Waals surface area contributed by atoms with Gasteiger partial charge in [-0.15, -0.1) is 11.3 Å². The lowest BCUT2D eigenvalue weighted by molar-refractivity contribution is 0.0508. The average molecular weight is 310 g/mol. The van der Waals surface area contributed by atoms with Gasteiger partial charge in [-0.25, -0.2) is 4.79 Å². The molecule has 1 aromatic heterocycles. The maximum Gasteiger partial charge on any atom is 0.407 e. The standard InChI is InChI=1S/C16H26N2O2S/c1-12(14-8-6-10-21-14)18-9-5-7-13(18)11-17-15(19)20-16(2,3)4/h6,8,10,12-13H,5,7,9,11H2,1-4H3,(H,17,19)/t12-,13+/m1/s1. The van der Waals surface area contributed by atoms with Crippen molar-refractivity contribution in [3.63, 3.8) is 0 Å². The number of likely N-dealkylation sites (tertiary alicyclic amines) is 1. The molecule has 0 spiro atoms. The summed E-state index contributed by atoms with van der Waals surface area (Å²) in [6, 6.07) is 5.10. The zero-order chi connectivity index (χ0) is 15.5. The molecule has 1 aliphatic rings. The highest BCUT2D eigenvalue weighted by Crippen LogP contribution is 2.31. The number of carbonyl (C=O) groups is 1. The summed E-state index contributed by atoms with van der Waals surface area (Å²) >= 11 is 1.80. The first-order valence-electron chi connectivity index (χ1n) is 7.63. The monoisotopic (exact) mass is 310 g/mol. The molecule has 21 heavy (non-hydrogen) atoms. The Morgan fingerprint density at radius 3 is 2.95 bits per heavy atom. The molecule has 2 heterocycles. The Balaban J connectivity index is 1.86. The Bertz CT molecular complexity index is 453. The first-order valence-corrected chi connectivity index (χ1v) is 8.51. The fraction of sp³-hybridized carbons (Fsp3) is 0.688. The van der Waals surface area contributed by atoms with Gasteiger partial charge in [-0.1, -0.05) is 6.07 Å². The van der Waals surface area contributed by atoms with Crippen molar-refractivity contribution in [1.29, 1.82) is 0 Å². The van der Waals surface area contributed by atoms with Gasteiger partial charge in [-0.2, -0.15) is 0 Å². The van der Waals surface area contributed by atoms with Crippen molar-refractivity contribution in [3.05, 3.63) is 22.4 Å². The van der Waals surface area contributed by atoms with Crippen LogP contribution in [0.4, 0.5) is 4.79 Å². The summed E-state index contributed by atoms with van der Waals surface area (Å²) in [4.78, 5) is 15.6. The summed E-state index contributed by atoms with van der Waals surface area (Å²) in [5.74, 6) is 0. The lowest BCUT2D eigenvalue weighted by Crippen LogP contribution is -2.42. The van der Waals surface area contributed by atoms with Gasteiger partial charge < -0.3 is 10.1 Å². The van der Waals surface area contributed by atoms with Gasteiger partial charge in [0.25, 0.3) is 0 Å². The maximum absolute atomic E-state index is 11.8. The summed E-state index contributed by atoms with van der Waals surface area (Å²) in [5.41, 5.74) is -0.441. The number of hydrogen-bond donors (Lipinski definition) is 1. The van der Waals surface area contributed by atoms with Crippen LogP contribution in [0.25, 0.3) is 0 Å². The van der Waals surface area contributed by atoms with Crippen LogP contribution in [0.3, 0.4) is 0 Å². The lowest BCUT2D eigenvalue weighted by Gasteiger charge is -2.30.